The Labute approximate surface area is 124 Å². The second kappa shape index (κ2) is 5.53. The van der Waals surface area contributed by atoms with Crippen LogP contribution in [0.5, 0.6) is 5.75 Å². The summed E-state index contributed by atoms with van der Waals surface area (Å²) < 4.78 is 5.44. The molecule has 1 fully saturated rings. The summed E-state index contributed by atoms with van der Waals surface area (Å²) in [4.78, 5) is 13.2. The van der Waals surface area contributed by atoms with Gasteiger partial charge < -0.3 is 14.4 Å². The Morgan fingerprint density at radius 2 is 2.00 bits per heavy atom. The van der Waals surface area contributed by atoms with E-state index in [-0.39, 0.29) is 5.63 Å². The second-order valence-corrected chi connectivity index (χ2v) is 5.98. The number of aryl methyl sites for hydroxylation is 2. The van der Waals surface area contributed by atoms with E-state index in [0.717, 1.165) is 48.1 Å². The van der Waals surface area contributed by atoms with Crippen LogP contribution in [0.1, 0.15) is 36.5 Å². The molecular formula is C17H22NO3+. The van der Waals surface area contributed by atoms with Gasteiger partial charge >= 0.3 is 5.63 Å². The van der Waals surface area contributed by atoms with Gasteiger partial charge in [-0.2, -0.15) is 0 Å². The minimum atomic E-state index is -0.346. The predicted molar refractivity (Wildman–Crippen MR) is 81.9 cm³/mol. The van der Waals surface area contributed by atoms with E-state index in [1.165, 1.54) is 23.8 Å². The zero-order chi connectivity index (χ0) is 15.0. The molecule has 112 valence electrons. The van der Waals surface area contributed by atoms with Crippen molar-refractivity contribution in [3.63, 3.8) is 0 Å². The third-order valence-corrected chi connectivity index (χ3v) is 4.51. The molecule has 0 amide bonds. The molecule has 0 unspecified atom stereocenters. The maximum absolute atomic E-state index is 11.7. The third kappa shape index (κ3) is 2.56. The van der Waals surface area contributed by atoms with Gasteiger partial charge in [0.1, 0.15) is 12.3 Å². The molecular weight excluding hydrogens is 266 g/mol. The molecule has 1 saturated heterocycles. The van der Waals surface area contributed by atoms with Crippen LogP contribution < -0.4 is 10.5 Å². The van der Waals surface area contributed by atoms with Gasteiger partial charge in [0.05, 0.1) is 18.7 Å². The summed E-state index contributed by atoms with van der Waals surface area (Å²) in [5, 5.41) is 11.5. The Bertz CT molecular complexity index is 727. The van der Waals surface area contributed by atoms with Crippen molar-refractivity contribution in [2.24, 2.45) is 0 Å². The van der Waals surface area contributed by atoms with Crippen molar-refractivity contribution in [2.75, 3.05) is 13.1 Å². The van der Waals surface area contributed by atoms with Crippen LogP contribution >= 0.6 is 0 Å². The van der Waals surface area contributed by atoms with E-state index in [1.54, 1.807) is 0 Å². The second-order valence-electron chi connectivity index (χ2n) is 5.98. The summed E-state index contributed by atoms with van der Waals surface area (Å²) in [7, 11) is 0. The first-order valence-electron chi connectivity index (χ1n) is 7.72. The molecule has 1 aromatic carbocycles. The first-order valence-corrected chi connectivity index (χ1v) is 7.72. The summed E-state index contributed by atoms with van der Waals surface area (Å²) in [5.74, 6) is 0.304. The van der Waals surface area contributed by atoms with Crippen LogP contribution in [0.2, 0.25) is 0 Å². The maximum Gasteiger partial charge on any atom is 0.336 e. The normalized spacial score (nSPS) is 15.9. The first-order chi connectivity index (χ1) is 10.1. The molecule has 0 spiro atoms. The van der Waals surface area contributed by atoms with Gasteiger partial charge in [-0.3, -0.25) is 0 Å². The van der Waals surface area contributed by atoms with Crippen molar-refractivity contribution < 1.29 is 14.4 Å². The highest BCUT2D eigenvalue weighted by atomic mass is 16.4. The lowest BCUT2D eigenvalue weighted by molar-refractivity contribution is -0.901. The number of benzene rings is 1. The Morgan fingerprint density at radius 3 is 2.67 bits per heavy atom. The fraction of sp³-hybridized carbons (Fsp3) is 0.471. The molecule has 0 radical (unpaired) electrons. The molecule has 0 bridgehead atoms. The minimum Gasteiger partial charge on any atom is -0.507 e. The molecule has 0 aliphatic carbocycles. The standard InChI is InChI=1S/C17H21NO3/c1-3-12-9-13-11(2)8-15(19)21-17(13)14(16(12)20)10-18-6-4-5-7-18/h8-9,20H,3-7,10H2,1-2H3/p+1. The molecule has 4 heteroatoms. The largest absolute Gasteiger partial charge is 0.507 e. The van der Waals surface area contributed by atoms with Crippen LogP contribution in [0.4, 0.5) is 0 Å². The minimum absolute atomic E-state index is 0.304. The zero-order valence-corrected chi connectivity index (χ0v) is 12.7. The number of fused-ring (bicyclic) bond motifs is 1. The van der Waals surface area contributed by atoms with Crippen molar-refractivity contribution in [3.05, 3.63) is 39.2 Å². The van der Waals surface area contributed by atoms with Crippen LogP contribution in [0.25, 0.3) is 11.0 Å². The molecule has 1 aliphatic heterocycles. The van der Waals surface area contributed by atoms with Crippen molar-refractivity contribution in [1.82, 2.24) is 0 Å². The number of likely N-dealkylation sites (tertiary alicyclic amines) is 1. The van der Waals surface area contributed by atoms with Crippen LogP contribution in [0.3, 0.4) is 0 Å². The highest BCUT2D eigenvalue weighted by Gasteiger charge is 2.22. The van der Waals surface area contributed by atoms with Gasteiger partial charge in [-0.25, -0.2) is 4.79 Å². The van der Waals surface area contributed by atoms with E-state index in [9.17, 15) is 9.90 Å². The highest BCUT2D eigenvalue weighted by Crippen LogP contribution is 2.32. The van der Waals surface area contributed by atoms with E-state index in [4.69, 9.17) is 4.42 Å². The van der Waals surface area contributed by atoms with Gasteiger partial charge in [-0.1, -0.05) is 6.92 Å². The fourth-order valence-corrected chi connectivity index (χ4v) is 3.30. The smallest absolute Gasteiger partial charge is 0.336 e. The SMILES string of the molecule is CCc1cc2c(C)cc(=O)oc2c(C[NH+]2CCCC2)c1O. The number of aromatic hydroxyl groups is 1. The summed E-state index contributed by atoms with van der Waals surface area (Å²) in [6.45, 7) is 6.91. The molecule has 2 N–H and O–H groups in total. The van der Waals surface area contributed by atoms with Crippen molar-refractivity contribution in [3.8, 4) is 5.75 Å². The summed E-state index contributed by atoms with van der Waals surface area (Å²) in [6.07, 6.45) is 3.22. The van der Waals surface area contributed by atoms with Crippen molar-refractivity contribution in [1.29, 1.82) is 0 Å². The van der Waals surface area contributed by atoms with Gasteiger partial charge in [0.2, 0.25) is 0 Å². The number of rotatable bonds is 3. The van der Waals surface area contributed by atoms with Gasteiger partial charge in [0.25, 0.3) is 0 Å². The van der Waals surface area contributed by atoms with Gasteiger partial charge in [-0.15, -0.1) is 0 Å². The fourth-order valence-electron chi connectivity index (χ4n) is 3.30. The first kappa shape index (κ1) is 14.1. The lowest BCUT2D eigenvalue weighted by Gasteiger charge is -2.16. The average Bonchev–Trinajstić information content (AvgIpc) is 2.95. The zero-order valence-electron chi connectivity index (χ0n) is 12.7. The van der Waals surface area contributed by atoms with E-state index in [1.807, 2.05) is 19.9 Å². The average molecular weight is 288 g/mol. The topological polar surface area (TPSA) is 54.9 Å². The van der Waals surface area contributed by atoms with Crippen LogP contribution in [-0.4, -0.2) is 18.2 Å². The predicted octanol–water partition coefficient (Wildman–Crippen LogP) is 1.55. The number of phenolic OH excluding ortho intramolecular Hbond substituents is 1. The van der Waals surface area contributed by atoms with E-state index < -0.39 is 0 Å². The van der Waals surface area contributed by atoms with Crippen LogP contribution in [-0.2, 0) is 13.0 Å². The van der Waals surface area contributed by atoms with Gasteiger partial charge in [0, 0.05) is 24.3 Å². The highest BCUT2D eigenvalue weighted by molar-refractivity contribution is 5.86. The van der Waals surface area contributed by atoms with Crippen molar-refractivity contribution in [2.45, 2.75) is 39.7 Å². The third-order valence-electron chi connectivity index (χ3n) is 4.51. The molecule has 1 aliphatic rings. The summed E-state index contributed by atoms with van der Waals surface area (Å²) >= 11 is 0. The Hall–Kier alpha value is -1.81. The molecule has 2 heterocycles. The van der Waals surface area contributed by atoms with Crippen LogP contribution in [0, 0.1) is 6.92 Å². The monoisotopic (exact) mass is 288 g/mol. The Morgan fingerprint density at radius 1 is 1.29 bits per heavy atom. The number of nitrogens with one attached hydrogen (secondary N) is 1. The quantitative estimate of drug-likeness (QED) is 0.843. The molecule has 0 saturated carbocycles. The molecule has 2 aromatic rings. The molecule has 4 nitrogen and oxygen atoms in total. The van der Waals surface area contributed by atoms with E-state index in [2.05, 4.69) is 0 Å². The number of hydrogen-bond donors (Lipinski definition) is 2. The van der Waals surface area contributed by atoms with E-state index in [0.29, 0.717) is 11.3 Å². The summed E-state index contributed by atoms with van der Waals surface area (Å²) in [5.41, 5.74) is 2.85. The summed E-state index contributed by atoms with van der Waals surface area (Å²) in [6, 6.07) is 3.47. The van der Waals surface area contributed by atoms with Gasteiger partial charge in [0.15, 0.2) is 5.58 Å². The van der Waals surface area contributed by atoms with Crippen LogP contribution in [0.15, 0.2) is 21.3 Å². The van der Waals surface area contributed by atoms with E-state index >= 15 is 0 Å². The number of phenols is 1. The Kier molecular flexibility index (Phi) is 3.72. The maximum atomic E-state index is 11.7. The van der Waals surface area contributed by atoms with Gasteiger partial charge in [-0.05, 0) is 30.5 Å². The Balaban J connectivity index is 2.22. The molecule has 3 rings (SSSR count). The molecule has 0 atom stereocenters. The molecule has 1 aromatic heterocycles. The number of hydrogen-bond acceptors (Lipinski definition) is 3. The lowest BCUT2D eigenvalue weighted by Crippen LogP contribution is -3.08. The molecule has 21 heavy (non-hydrogen) atoms. The van der Waals surface area contributed by atoms with Crippen molar-refractivity contribution >= 4 is 11.0 Å². The number of quaternary nitrogens is 1. The lowest BCUT2D eigenvalue weighted by atomic mass is 9.99.